The molecule has 0 bridgehead atoms. The van der Waals surface area contributed by atoms with Crippen LogP contribution in [0, 0.1) is 5.82 Å². The van der Waals surface area contributed by atoms with Crippen LogP contribution in [-0.2, 0) is 16.1 Å². The van der Waals surface area contributed by atoms with Crippen molar-refractivity contribution in [3.05, 3.63) is 64.4 Å². The van der Waals surface area contributed by atoms with Gasteiger partial charge in [0.25, 0.3) is 5.91 Å². The van der Waals surface area contributed by atoms with Gasteiger partial charge in [0, 0.05) is 28.9 Å². The van der Waals surface area contributed by atoms with Crippen molar-refractivity contribution in [2.24, 2.45) is 16.8 Å². The number of hydrogen-bond donors (Lipinski definition) is 4. The fourth-order valence-corrected chi connectivity index (χ4v) is 4.71. The summed E-state index contributed by atoms with van der Waals surface area (Å²) in [6.45, 7) is 0.328. The number of nitrogens with two attached hydrogens (primary N) is 2. The van der Waals surface area contributed by atoms with Gasteiger partial charge < -0.3 is 21.2 Å². The molecule has 6 N–H and O–H groups in total. The van der Waals surface area contributed by atoms with Gasteiger partial charge >= 0.3 is 0 Å². The van der Waals surface area contributed by atoms with Gasteiger partial charge in [0.1, 0.15) is 18.2 Å². The number of rotatable bonds is 8. The van der Waals surface area contributed by atoms with Gasteiger partial charge in [-0.3, -0.25) is 14.6 Å². The molecule has 1 fully saturated rings. The molecule has 2 amide bonds. The molecule has 0 aromatic heterocycles. The van der Waals surface area contributed by atoms with Crippen LogP contribution in [0.2, 0.25) is 5.02 Å². The van der Waals surface area contributed by atoms with Gasteiger partial charge in [0.15, 0.2) is 6.10 Å². The molecule has 0 spiro atoms. The summed E-state index contributed by atoms with van der Waals surface area (Å²) in [5, 5.41) is 18.4. The number of anilines is 1. The van der Waals surface area contributed by atoms with Crippen LogP contribution in [0.25, 0.3) is 0 Å². The molecule has 1 aliphatic rings. The van der Waals surface area contributed by atoms with Crippen LogP contribution < -0.4 is 22.0 Å². The van der Waals surface area contributed by atoms with Crippen molar-refractivity contribution in [2.45, 2.75) is 30.4 Å². The summed E-state index contributed by atoms with van der Waals surface area (Å²) in [7, 11) is 0. The molecule has 3 atom stereocenters. The number of benzene rings is 2. The minimum atomic E-state index is -1.71. The normalized spacial score (nSPS) is 18.8. The van der Waals surface area contributed by atoms with Crippen LogP contribution in [0.5, 0.6) is 0 Å². The summed E-state index contributed by atoms with van der Waals surface area (Å²) in [6.07, 6.45) is 1.78. The number of hydrazone groups is 1. The standard InChI is InChI=1S/C22H26ClFN6O3S/c1-34-15-9-19(29(11-15)22(33)20(31)16-4-2-3-5-17(16)24)21(32)27-10-13-8-14(23)6-7-18(13)30(26)12-28-25/h2-8,12,15,19-20,31H,9-11,25-26H2,1H3,(H,27,32)/b28-12-/t15-,19?,20?/m1/s1. The molecule has 2 unspecified atom stereocenters. The first kappa shape index (κ1) is 25.8. The number of carbonyl (C=O) groups is 2. The average molecular weight is 509 g/mol. The van der Waals surface area contributed by atoms with Crippen LogP contribution in [0.4, 0.5) is 10.1 Å². The van der Waals surface area contributed by atoms with Crippen molar-refractivity contribution in [2.75, 3.05) is 17.8 Å². The molecular formula is C22H26ClFN6O3S. The Morgan fingerprint density at radius 3 is 2.82 bits per heavy atom. The molecule has 0 aliphatic carbocycles. The third-order valence-corrected chi connectivity index (χ3v) is 6.82. The fourth-order valence-electron chi connectivity index (χ4n) is 3.83. The molecule has 2 aromatic carbocycles. The Labute approximate surface area is 205 Å². The van der Waals surface area contributed by atoms with Crippen molar-refractivity contribution >= 4 is 47.2 Å². The molecule has 12 heteroatoms. The van der Waals surface area contributed by atoms with E-state index in [9.17, 15) is 19.1 Å². The maximum atomic E-state index is 14.1. The molecule has 1 aliphatic heterocycles. The Kier molecular flexibility index (Phi) is 8.72. The second-order valence-corrected chi connectivity index (χ2v) is 9.26. The van der Waals surface area contributed by atoms with Crippen LogP contribution in [-0.4, -0.2) is 52.3 Å². The number of aliphatic hydroxyl groups is 1. The smallest absolute Gasteiger partial charge is 0.256 e. The molecule has 1 saturated heterocycles. The Hall–Kier alpha value is -2.86. The zero-order chi connectivity index (χ0) is 24.8. The summed E-state index contributed by atoms with van der Waals surface area (Å²) >= 11 is 7.62. The zero-order valence-corrected chi connectivity index (χ0v) is 20.0. The molecule has 1 heterocycles. The summed E-state index contributed by atoms with van der Waals surface area (Å²) in [4.78, 5) is 27.5. The molecular weight excluding hydrogens is 483 g/mol. The zero-order valence-electron chi connectivity index (χ0n) is 18.4. The Bertz CT molecular complexity index is 1070. The largest absolute Gasteiger partial charge is 0.378 e. The predicted molar refractivity (Wildman–Crippen MR) is 131 cm³/mol. The number of nitrogens with zero attached hydrogens (tertiary/aromatic N) is 3. The lowest BCUT2D eigenvalue weighted by Gasteiger charge is -2.26. The van der Waals surface area contributed by atoms with E-state index < -0.39 is 29.8 Å². The van der Waals surface area contributed by atoms with Crippen LogP contribution in [0.1, 0.15) is 23.7 Å². The molecule has 9 nitrogen and oxygen atoms in total. The number of thioether (sulfide) groups is 1. The Balaban J connectivity index is 1.77. The lowest BCUT2D eigenvalue weighted by molar-refractivity contribution is -0.145. The highest BCUT2D eigenvalue weighted by atomic mass is 35.5. The second kappa shape index (κ2) is 11.5. The number of likely N-dealkylation sites (tertiary alicyclic amines) is 1. The minimum Gasteiger partial charge on any atom is -0.378 e. The van der Waals surface area contributed by atoms with Gasteiger partial charge in [0.2, 0.25) is 5.91 Å². The number of aliphatic hydroxyl groups excluding tert-OH is 1. The van der Waals surface area contributed by atoms with E-state index in [2.05, 4.69) is 10.4 Å². The van der Waals surface area contributed by atoms with Gasteiger partial charge in [-0.25, -0.2) is 10.2 Å². The maximum absolute atomic E-state index is 14.1. The highest BCUT2D eigenvalue weighted by Crippen LogP contribution is 2.30. The summed E-state index contributed by atoms with van der Waals surface area (Å²) in [5.41, 5.74) is 0.995. The Morgan fingerprint density at radius 1 is 1.41 bits per heavy atom. The third-order valence-electron chi connectivity index (χ3n) is 5.58. The number of amides is 2. The first-order chi connectivity index (χ1) is 16.3. The summed E-state index contributed by atoms with van der Waals surface area (Å²) < 4.78 is 14.1. The van der Waals surface area contributed by atoms with Gasteiger partial charge in [-0.15, -0.1) is 0 Å². The number of hydrogen-bond acceptors (Lipinski definition) is 7. The van der Waals surface area contributed by atoms with Gasteiger partial charge in [-0.05, 0) is 42.5 Å². The quantitative estimate of drug-likeness (QED) is 0.184. The molecule has 0 saturated carbocycles. The number of nitrogens with one attached hydrogen (secondary N) is 1. The third kappa shape index (κ3) is 5.79. The predicted octanol–water partition coefficient (Wildman–Crippen LogP) is 1.74. The average Bonchev–Trinajstić information content (AvgIpc) is 3.27. The van der Waals surface area contributed by atoms with Crippen LogP contribution >= 0.6 is 23.4 Å². The molecule has 2 aromatic rings. The molecule has 3 rings (SSSR count). The molecule has 182 valence electrons. The van der Waals surface area contributed by atoms with E-state index in [0.29, 0.717) is 22.7 Å². The lowest BCUT2D eigenvalue weighted by Crippen LogP contribution is -2.47. The van der Waals surface area contributed by atoms with Crippen molar-refractivity contribution in [1.29, 1.82) is 0 Å². The second-order valence-electron chi connectivity index (χ2n) is 7.69. The highest BCUT2D eigenvalue weighted by Gasteiger charge is 2.41. The Morgan fingerprint density at radius 2 is 2.15 bits per heavy atom. The van der Waals surface area contributed by atoms with E-state index in [1.807, 2.05) is 6.26 Å². The maximum Gasteiger partial charge on any atom is 0.256 e. The first-order valence-corrected chi connectivity index (χ1v) is 12.0. The van der Waals surface area contributed by atoms with E-state index in [1.54, 1.807) is 18.2 Å². The number of hydrazine groups is 1. The highest BCUT2D eigenvalue weighted by molar-refractivity contribution is 7.99. The minimum absolute atomic E-state index is 0.00505. The van der Waals surface area contributed by atoms with Crippen molar-refractivity contribution < 1.29 is 19.1 Å². The fraction of sp³-hybridized carbons (Fsp3) is 0.318. The lowest BCUT2D eigenvalue weighted by atomic mass is 10.1. The molecule has 0 radical (unpaired) electrons. The summed E-state index contributed by atoms with van der Waals surface area (Å²) in [6, 6.07) is 9.63. The molecule has 34 heavy (non-hydrogen) atoms. The first-order valence-electron chi connectivity index (χ1n) is 10.4. The van der Waals surface area contributed by atoms with Gasteiger partial charge in [-0.1, -0.05) is 29.8 Å². The number of halogens is 2. The van der Waals surface area contributed by atoms with Crippen LogP contribution in [0.3, 0.4) is 0 Å². The van der Waals surface area contributed by atoms with Gasteiger partial charge in [0.05, 0.1) is 5.69 Å². The topological polar surface area (TPSA) is 137 Å². The SMILES string of the molecule is CS[C@@H]1CC(C(=O)NCc2cc(Cl)ccc2N(N)/C=N\N)N(C(=O)C(O)c2ccccc2F)C1. The van der Waals surface area contributed by atoms with E-state index >= 15 is 0 Å². The van der Waals surface area contributed by atoms with E-state index in [-0.39, 0.29) is 23.9 Å². The van der Waals surface area contributed by atoms with E-state index in [0.717, 1.165) is 0 Å². The monoisotopic (exact) mass is 508 g/mol. The summed E-state index contributed by atoms with van der Waals surface area (Å²) in [5.74, 6) is 9.26. The number of carbonyl (C=O) groups excluding carboxylic acids is 2. The van der Waals surface area contributed by atoms with Crippen molar-refractivity contribution in [1.82, 2.24) is 10.2 Å². The van der Waals surface area contributed by atoms with E-state index in [4.69, 9.17) is 23.3 Å². The van der Waals surface area contributed by atoms with Crippen LogP contribution in [0.15, 0.2) is 47.6 Å². The van der Waals surface area contributed by atoms with E-state index in [1.165, 1.54) is 52.3 Å². The van der Waals surface area contributed by atoms with Crippen molar-refractivity contribution in [3.8, 4) is 0 Å². The van der Waals surface area contributed by atoms with Gasteiger partial charge in [-0.2, -0.15) is 16.9 Å². The van der Waals surface area contributed by atoms with Crippen molar-refractivity contribution in [3.63, 3.8) is 0 Å².